The third-order valence-corrected chi connectivity index (χ3v) is 2.85. The molecule has 1 atom stereocenters. The summed E-state index contributed by atoms with van der Waals surface area (Å²) in [5, 5.41) is 11.4. The first kappa shape index (κ1) is 15.9. The van der Waals surface area contributed by atoms with E-state index in [0.717, 1.165) is 0 Å². The molecule has 0 aliphatic rings. The van der Waals surface area contributed by atoms with Crippen LogP contribution in [0.4, 0.5) is 4.39 Å². The van der Waals surface area contributed by atoms with Gasteiger partial charge in [-0.3, -0.25) is 9.59 Å². The smallest absolute Gasteiger partial charge is 0.305 e. The lowest BCUT2D eigenvalue weighted by atomic mass is 10.0. The second-order valence-electron chi connectivity index (χ2n) is 4.81. The van der Waals surface area contributed by atoms with Gasteiger partial charge in [-0.05, 0) is 18.1 Å². The Hall–Kier alpha value is -2.17. The molecule has 0 fully saturated rings. The maximum Gasteiger partial charge on any atom is 0.305 e. The molecule has 4 nitrogen and oxygen atoms in total. The highest BCUT2D eigenvalue weighted by Gasteiger charge is 2.18. The van der Waals surface area contributed by atoms with E-state index in [1.807, 2.05) is 13.8 Å². The summed E-state index contributed by atoms with van der Waals surface area (Å²) in [4.78, 5) is 22.4. The zero-order valence-electron chi connectivity index (χ0n) is 11.5. The topological polar surface area (TPSA) is 66.4 Å². The van der Waals surface area contributed by atoms with Gasteiger partial charge < -0.3 is 10.4 Å². The summed E-state index contributed by atoms with van der Waals surface area (Å²) in [5.74, 6) is -1.82. The SMILES string of the molecule is CC(C)C(CC(=O)O)NC(=O)/C=C/c1ccccc1F. The van der Waals surface area contributed by atoms with Crippen molar-refractivity contribution in [3.05, 3.63) is 41.7 Å². The van der Waals surface area contributed by atoms with Gasteiger partial charge in [0.1, 0.15) is 5.82 Å². The molecule has 0 aliphatic heterocycles. The minimum atomic E-state index is -0.970. The number of carbonyl (C=O) groups is 2. The molecule has 1 unspecified atom stereocenters. The number of nitrogens with one attached hydrogen (secondary N) is 1. The quantitative estimate of drug-likeness (QED) is 0.786. The third-order valence-electron chi connectivity index (χ3n) is 2.85. The van der Waals surface area contributed by atoms with Crippen LogP contribution in [0.5, 0.6) is 0 Å². The van der Waals surface area contributed by atoms with Crippen LogP contribution < -0.4 is 5.32 Å². The van der Waals surface area contributed by atoms with Crippen molar-refractivity contribution in [3.63, 3.8) is 0 Å². The Morgan fingerprint density at radius 2 is 2.00 bits per heavy atom. The lowest BCUT2D eigenvalue weighted by Gasteiger charge is -2.19. The Morgan fingerprint density at radius 1 is 1.35 bits per heavy atom. The van der Waals surface area contributed by atoms with Gasteiger partial charge in [-0.15, -0.1) is 0 Å². The molecule has 1 amide bonds. The van der Waals surface area contributed by atoms with Gasteiger partial charge in [0.25, 0.3) is 0 Å². The van der Waals surface area contributed by atoms with Crippen LogP contribution in [0.15, 0.2) is 30.3 Å². The summed E-state index contributed by atoms with van der Waals surface area (Å²) in [7, 11) is 0. The van der Waals surface area contributed by atoms with Crippen molar-refractivity contribution < 1.29 is 19.1 Å². The molecule has 0 spiro atoms. The highest BCUT2D eigenvalue weighted by Crippen LogP contribution is 2.09. The molecule has 0 radical (unpaired) electrons. The van der Waals surface area contributed by atoms with Crippen molar-refractivity contribution >= 4 is 18.0 Å². The van der Waals surface area contributed by atoms with E-state index in [1.54, 1.807) is 18.2 Å². The number of benzene rings is 1. The average molecular weight is 279 g/mol. The van der Waals surface area contributed by atoms with Crippen LogP contribution in [0.2, 0.25) is 0 Å². The first-order valence-corrected chi connectivity index (χ1v) is 6.35. The zero-order valence-corrected chi connectivity index (χ0v) is 11.5. The van der Waals surface area contributed by atoms with Crippen LogP contribution in [-0.2, 0) is 9.59 Å². The molecule has 0 heterocycles. The van der Waals surface area contributed by atoms with E-state index >= 15 is 0 Å². The molecule has 2 N–H and O–H groups in total. The van der Waals surface area contributed by atoms with Crippen LogP contribution >= 0.6 is 0 Å². The van der Waals surface area contributed by atoms with Crippen molar-refractivity contribution in [2.45, 2.75) is 26.3 Å². The standard InChI is InChI=1S/C15H18FNO3/c1-10(2)13(9-15(19)20)17-14(18)8-7-11-5-3-4-6-12(11)16/h3-8,10,13H,9H2,1-2H3,(H,17,18)(H,19,20)/b8-7+. The molecule has 1 aromatic rings. The molecular formula is C15H18FNO3. The Bertz CT molecular complexity index is 512. The van der Waals surface area contributed by atoms with Crippen molar-refractivity contribution in [2.24, 2.45) is 5.92 Å². The number of hydrogen-bond acceptors (Lipinski definition) is 2. The van der Waals surface area contributed by atoms with Gasteiger partial charge in [-0.25, -0.2) is 4.39 Å². The van der Waals surface area contributed by atoms with Crippen molar-refractivity contribution in [2.75, 3.05) is 0 Å². The van der Waals surface area contributed by atoms with E-state index in [4.69, 9.17) is 5.11 Å². The summed E-state index contributed by atoms with van der Waals surface area (Å²) in [6.07, 6.45) is 2.43. The fraction of sp³-hybridized carbons (Fsp3) is 0.333. The normalized spacial score (nSPS) is 12.6. The van der Waals surface area contributed by atoms with Crippen LogP contribution in [0.1, 0.15) is 25.8 Å². The van der Waals surface area contributed by atoms with Gasteiger partial charge in [-0.1, -0.05) is 32.0 Å². The maximum absolute atomic E-state index is 13.3. The average Bonchev–Trinajstić information content (AvgIpc) is 2.36. The third kappa shape index (κ3) is 5.22. The van der Waals surface area contributed by atoms with E-state index in [0.29, 0.717) is 5.56 Å². The highest BCUT2D eigenvalue weighted by molar-refractivity contribution is 5.92. The zero-order chi connectivity index (χ0) is 15.1. The van der Waals surface area contributed by atoms with E-state index in [2.05, 4.69) is 5.32 Å². The fourth-order valence-electron chi connectivity index (χ4n) is 1.65. The van der Waals surface area contributed by atoms with E-state index in [1.165, 1.54) is 18.2 Å². The number of aliphatic carboxylic acids is 1. The molecule has 0 bridgehead atoms. The first-order chi connectivity index (χ1) is 9.40. The maximum atomic E-state index is 13.3. The van der Waals surface area contributed by atoms with Gasteiger partial charge in [-0.2, -0.15) is 0 Å². The van der Waals surface area contributed by atoms with Gasteiger partial charge >= 0.3 is 5.97 Å². The van der Waals surface area contributed by atoms with Crippen LogP contribution in [0, 0.1) is 11.7 Å². The molecule has 0 saturated carbocycles. The molecule has 5 heteroatoms. The molecular weight excluding hydrogens is 261 g/mol. The number of carbonyl (C=O) groups excluding carboxylic acids is 1. The first-order valence-electron chi connectivity index (χ1n) is 6.35. The van der Waals surface area contributed by atoms with Crippen LogP contribution in [-0.4, -0.2) is 23.0 Å². The Balaban J connectivity index is 2.66. The number of hydrogen-bond donors (Lipinski definition) is 2. The Morgan fingerprint density at radius 3 is 2.55 bits per heavy atom. The number of carboxylic acid groups (broad SMARTS) is 1. The monoisotopic (exact) mass is 279 g/mol. The van der Waals surface area contributed by atoms with Crippen LogP contribution in [0.25, 0.3) is 6.08 Å². The Labute approximate surface area is 117 Å². The lowest BCUT2D eigenvalue weighted by Crippen LogP contribution is -2.39. The summed E-state index contributed by atoms with van der Waals surface area (Å²) in [5.41, 5.74) is 0.307. The predicted molar refractivity (Wildman–Crippen MR) is 74.5 cm³/mol. The van der Waals surface area contributed by atoms with E-state index in [-0.39, 0.29) is 12.3 Å². The molecule has 0 aliphatic carbocycles. The molecule has 1 aromatic carbocycles. The van der Waals surface area contributed by atoms with Crippen molar-refractivity contribution in [1.82, 2.24) is 5.32 Å². The van der Waals surface area contributed by atoms with Gasteiger partial charge in [0.15, 0.2) is 0 Å². The largest absolute Gasteiger partial charge is 0.481 e. The lowest BCUT2D eigenvalue weighted by molar-refractivity contribution is -0.138. The number of amides is 1. The van der Waals surface area contributed by atoms with E-state index < -0.39 is 23.7 Å². The number of carboxylic acids is 1. The van der Waals surface area contributed by atoms with Crippen molar-refractivity contribution in [1.29, 1.82) is 0 Å². The Kier molecular flexibility index (Phi) is 5.90. The summed E-state index contributed by atoms with van der Waals surface area (Å²) in [6.45, 7) is 3.66. The van der Waals surface area contributed by atoms with Gasteiger partial charge in [0, 0.05) is 17.7 Å². The molecule has 20 heavy (non-hydrogen) atoms. The second kappa shape index (κ2) is 7.43. The fourth-order valence-corrected chi connectivity index (χ4v) is 1.65. The second-order valence-corrected chi connectivity index (χ2v) is 4.81. The predicted octanol–water partition coefficient (Wildman–Crippen LogP) is 2.45. The molecule has 1 rings (SSSR count). The van der Waals surface area contributed by atoms with Gasteiger partial charge in [0.05, 0.1) is 6.42 Å². The molecule has 0 aromatic heterocycles. The minimum Gasteiger partial charge on any atom is -0.481 e. The number of halogens is 1. The molecule has 108 valence electrons. The van der Waals surface area contributed by atoms with Crippen molar-refractivity contribution in [3.8, 4) is 0 Å². The van der Waals surface area contributed by atoms with Gasteiger partial charge in [0.2, 0.25) is 5.91 Å². The minimum absolute atomic E-state index is 0.00286. The summed E-state index contributed by atoms with van der Waals surface area (Å²) in [6, 6.07) is 5.64. The number of rotatable bonds is 6. The summed E-state index contributed by atoms with van der Waals surface area (Å²) < 4.78 is 13.3. The molecule has 0 saturated heterocycles. The summed E-state index contributed by atoms with van der Waals surface area (Å²) >= 11 is 0. The van der Waals surface area contributed by atoms with Crippen LogP contribution in [0.3, 0.4) is 0 Å². The highest BCUT2D eigenvalue weighted by atomic mass is 19.1. The van der Waals surface area contributed by atoms with E-state index in [9.17, 15) is 14.0 Å².